The number of hydrogen-bond acceptors (Lipinski definition) is 8. The van der Waals surface area contributed by atoms with Crippen LogP contribution in [0.25, 0.3) is 33.6 Å². The van der Waals surface area contributed by atoms with E-state index in [9.17, 15) is 4.79 Å². The van der Waals surface area contributed by atoms with Gasteiger partial charge in [0.2, 0.25) is 12.1 Å². The Morgan fingerprint density at radius 2 is 1.42 bits per heavy atom. The van der Waals surface area contributed by atoms with Gasteiger partial charge in [0.05, 0.1) is 18.6 Å². The molecule has 2 aromatic heterocycles. The van der Waals surface area contributed by atoms with Crippen LogP contribution in [0.3, 0.4) is 0 Å². The molecular formula is C39H40N6O3. The van der Waals surface area contributed by atoms with Crippen molar-refractivity contribution in [2.75, 3.05) is 55.8 Å². The average Bonchev–Trinajstić information content (AvgIpc) is 3.55. The highest BCUT2D eigenvalue weighted by atomic mass is 16.5. The second kappa shape index (κ2) is 16.4. The molecule has 0 radical (unpaired) electrons. The summed E-state index contributed by atoms with van der Waals surface area (Å²) in [6, 6.07) is 36.6. The second-order valence-corrected chi connectivity index (χ2v) is 11.4. The molecule has 9 nitrogen and oxygen atoms in total. The van der Waals surface area contributed by atoms with Crippen LogP contribution in [0.15, 0.2) is 120 Å². The first-order valence-corrected chi connectivity index (χ1v) is 16.2. The van der Waals surface area contributed by atoms with Gasteiger partial charge in [-0.25, -0.2) is 9.97 Å². The maximum Gasteiger partial charge on any atom is 0.232 e. The predicted octanol–water partition coefficient (Wildman–Crippen LogP) is 7.34. The highest BCUT2D eigenvalue weighted by Crippen LogP contribution is 2.42. The van der Waals surface area contributed by atoms with E-state index in [1.54, 1.807) is 0 Å². The van der Waals surface area contributed by atoms with Crippen LogP contribution in [-0.2, 0) is 22.5 Å². The molecule has 9 heteroatoms. The van der Waals surface area contributed by atoms with Crippen LogP contribution in [0, 0.1) is 0 Å². The summed E-state index contributed by atoms with van der Waals surface area (Å²) in [4.78, 5) is 22.0. The van der Waals surface area contributed by atoms with Gasteiger partial charge in [0, 0.05) is 55.7 Å². The lowest BCUT2D eigenvalue weighted by atomic mass is 9.99. The maximum atomic E-state index is 10.6. The minimum absolute atomic E-state index is 0.550. The maximum absolute atomic E-state index is 10.6. The Morgan fingerprint density at radius 3 is 2.08 bits per heavy atom. The first-order chi connectivity index (χ1) is 23.7. The van der Waals surface area contributed by atoms with Crippen LogP contribution >= 0.6 is 0 Å². The summed E-state index contributed by atoms with van der Waals surface area (Å²) >= 11 is 0. The van der Waals surface area contributed by atoms with Gasteiger partial charge < -0.3 is 25.1 Å². The lowest BCUT2D eigenvalue weighted by Gasteiger charge is -2.26. The molecular weight excluding hydrogens is 600 g/mol. The lowest BCUT2D eigenvalue weighted by Crippen LogP contribution is -2.35. The van der Waals surface area contributed by atoms with Crippen molar-refractivity contribution in [1.29, 1.82) is 0 Å². The molecule has 0 saturated carbocycles. The van der Waals surface area contributed by atoms with Crippen molar-refractivity contribution < 1.29 is 13.9 Å². The van der Waals surface area contributed by atoms with Gasteiger partial charge in [-0.3, -0.25) is 9.69 Å². The molecule has 48 heavy (non-hydrogen) atoms. The summed E-state index contributed by atoms with van der Waals surface area (Å²) in [5.41, 5.74) is 8.04. The molecule has 3 heterocycles. The Labute approximate surface area is 281 Å². The summed E-state index contributed by atoms with van der Waals surface area (Å²) < 4.78 is 11.6. The van der Waals surface area contributed by atoms with E-state index in [2.05, 4.69) is 67.2 Å². The van der Waals surface area contributed by atoms with E-state index >= 15 is 0 Å². The number of nitrogens with zero attached hydrogens (tertiary/aromatic N) is 3. The molecule has 0 bridgehead atoms. The fourth-order valence-corrected chi connectivity index (χ4v) is 5.70. The lowest BCUT2D eigenvalue weighted by molar-refractivity contribution is -0.105. The Kier molecular flexibility index (Phi) is 11.1. The summed E-state index contributed by atoms with van der Waals surface area (Å²) in [6.07, 6.45) is 3.00. The quantitative estimate of drug-likeness (QED) is 0.126. The number of carbonyl (C=O) groups is 1. The monoisotopic (exact) mass is 640 g/mol. The van der Waals surface area contributed by atoms with Crippen LogP contribution in [0.4, 0.5) is 17.2 Å². The minimum Gasteiger partial charge on any atom is -0.437 e. The van der Waals surface area contributed by atoms with E-state index in [1.165, 1.54) is 17.6 Å². The highest BCUT2D eigenvalue weighted by Gasteiger charge is 2.21. The van der Waals surface area contributed by atoms with Crippen LogP contribution in [0.2, 0.25) is 0 Å². The molecule has 1 amide bonds. The van der Waals surface area contributed by atoms with Crippen molar-refractivity contribution in [1.82, 2.24) is 14.9 Å². The molecule has 1 aliphatic heterocycles. The number of nitrogens with one attached hydrogen (secondary N) is 3. The molecule has 1 saturated heterocycles. The molecule has 0 spiro atoms. The molecule has 244 valence electrons. The number of furan rings is 1. The second-order valence-electron chi connectivity index (χ2n) is 11.4. The van der Waals surface area contributed by atoms with Crippen molar-refractivity contribution >= 4 is 34.7 Å². The fourth-order valence-electron chi connectivity index (χ4n) is 5.70. The van der Waals surface area contributed by atoms with Crippen LogP contribution in [-0.4, -0.2) is 61.2 Å². The molecule has 1 fully saturated rings. The van der Waals surface area contributed by atoms with Crippen LogP contribution in [0.5, 0.6) is 0 Å². The zero-order valence-electron chi connectivity index (χ0n) is 27.1. The van der Waals surface area contributed by atoms with E-state index in [1.807, 2.05) is 79.8 Å². The number of anilines is 3. The summed E-state index contributed by atoms with van der Waals surface area (Å²) in [7, 11) is 1.94. The topological polar surface area (TPSA) is 105 Å². The van der Waals surface area contributed by atoms with Crippen LogP contribution in [0.1, 0.15) is 11.1 Å². The average molecular weight is 641 g/mol. The molecule has 1 aliphatic rings. The third kappa shape index (κ3) is 8.25. The SMILES string of the molecule is CNc1ccc(CN2CCOCC2)cc1.O=CNc1ccc(CCNc2ncnc3oc(-c4ccccc4)c(-c4ccccc4)c23)cc1. The molecule has 6 aromatic rings. The molecule has 7 rings (SSSR count). The van der Waals surface area contributed by atoms with Gasteiger partial charge in [-0.15, -0.1) is 0 Å². The van der Waals surface area contributed by atoms with Gasteiger partial charge in [-0.1, -0.05) is 84.9 Å². The third-order valence-electron chi connectivity index (χ3n) is 8.22. The van der Waals surface area contributed by atoms with Crippen molar-refractivity contribution in [2.24, 2.45) is 0 Å². The number of aromatic nitrogens is 2. The van der Waals surface area contributed by atoms with Gasteiger partial charge in [-0.05, 0) is 47.4 Å². The van der Waals surface area contributed by atoms with E-state index < -0.39 is 0 Å². The first-order valence-electron chi connectivity index (χ1n) is 16.2. The van der Waals surface area contributed by atoms with Crippen molar-refractivity contribution in [3.63, 3.8) is 0 Å². The number of hydrogen-bond donors (Lipinski definition) is 3. The number of amides is 1. The Hall–Kier alpha value is -5.51. The number of rotatable bonds is 11. The zero-order chi connectivity index (χ0) is 33.0. The normalized spacial score (nSPS) is 12.9. The summed E-state index contributed by atoms with van der Waals surface area (Å²) in [5, 5.41) is 10.1. The van der Waals surface area contributed by atoms with Gasteiger partial charge in [0.1, 0.15) is 17.9 Å². The van der Waals surface area contributed by atoms with E-state index in [0.717, 1.165) is 84.2 Å². The van der Waals surface area contributed by atoms with E-state index in [-0.39, 0.29) is 0 Å². The summed E-state index contributed by atoms with van der Waals surface area (Å²) in [6.45, 7) is 5.56. The largest absolute Gasteiger partial charge is 0.437 e. The smallest absolute Gasteiger partial charge is 0.232 e. The van der Waals surface area contributed by atoms with Crippen molar-refractivity contribution in [3.05, 3.63) is 127 Å². The molecule has 0 atom stereocenters. The van der Waals surface area contributed by atoms with Crippen molar-refractivity contribution in [2.45, 2.75) is 13.0 Å². The molecule has 3 N–H and O–H groups in total. The minimum atomic E-state index is 0.550. The number of carbonyl (C=O) groups excluding carboxylic acids is 1. The Bertz CT molecular complexity index is 1870. The van der Waals surface area contributed by atoms with E-state index in [0.29, 0.717) is 18.7 Å². The molecule has 4 aromatic carbocycles. The summed E-state index contributed by atoms with van der Waals surface area (Å²) in [5.74, 6) is 1.52. The van der Waals surface area contributed by atoms with Gasteiger partial charge in [0.15, 0.2) is 0 Å². The standard InChI is InChI=1S/C27H22N4O2.C12H18N2O/c32-18-31-22-13-11-19(12-14-22)15-16-28-26-24-23(20-7-3-1-4-8-20)25(21-9-5-2-6-10-21)33-27(24)30-17-29-26;1-13-12-4-2-11(3-5-12)10-14-6-8-15-9-7-14/h1-14,17-18H,15-16H2,(H,31,32)(H,28,29,30);2-5,13H,6-10H2,1H3. The molecule has 0 aliphatic carbocycles. The van der Waals surface area contributed by atoms with Crippen molar-refractivity contribution in [3.8, 4) is 22.5 Å². The first kappa shape index (κ1) is 32.4. The van der Waals surface area contributed by atoms with Crippen LogP contribution < -0.4 is 16.0 Å². The number of morpholine rings is 1. The molecule has 0 unspecified atom stereocenters. The Morgan fingerprint density at radius 1 is 0.771 bits per heavy atom. The third-order valence-corrected chi connectivity index (χ3v) is 8.22. The highest BCUT2D eigenvalue weighted by molar-refractivity contribution is 6.05. The number of fused-ring (bicyclic) bond motifs is 1. The van der Waals surface area contributed by atoms with Gasteiger partial charge in [0.25, 0.3) is 0 Å². The number of ether oxygens (including phenoxy) is 1. The zero-order valence-corrected chi connectivity index (χ0v) is 27.1. The number of benzene rings is 4. The fraction of sp³-hybridized carbons (Fsp3) is 0.205. The van der Waals surface area contributed by atoms with Gasteiger partial charge >= 0.3 is 0 Å². The van der Waals surface area contributed by atoms with E-state index in [4.69, 9.17) is 9.15 Å². The predicted molar refractivity (Wildman–Crippen MR) is 193 cm³/mol. The Balaban J connectivity index is 0.000000223. The van der Waals surface area contributed by atoms with Gasteiger partial charge in [-0.2, -0.15) is 0 Å².